The highest BCUT2D eigenvalue weighted by molar-refractivity contribution is 7.99. The minimum absolute atomic E-state index is 1.20. The van der Waals surface area contributed by atoms with Crippen molar-refractivity contribution in [1.29, 1.82) is 0 Å². The van der Waals surface area contributed by atoms with Crippen LogP contribution < -0.4 is 0 Å². The van der Waals surface area contributed by atoms with Crippen LogP contribution in [0.3, 0.4) is 0 Å². The third-order valence-corrected chi connectivity index (χ3v) is 3.98. The molecule has 1 heteroatoms. The van der Waals surface area contributed by atoms with Gasteiger partial charge in [0.15, 0.2) is 0 Å². The van der Waals surface area contributed by atoms with Gasteiger partial charge in [-0.1, -0.05) is 63.8 Å². The van der Waals surface area contributed by atoms with Gasteiger partial charge in [0.05, 0.1) is 0 Å². The molecule has 0 bridgehead atoms. The zero-order valence-corrected chi connectivity index (χ0v) is 11.8. The Balaban J connectivity index is 2.07. The number of hydrogen-bond acceptors (Lipinski definition) is 1. The van der Waals surface area contributed by atoms with Crippen LogP contribution >= 0.6 is 11.8 Å². The minimum atomic E-state index is 1.20. The van der Waals surface area contributed by atoms with Crippen molar-refractivity contribution >= 4 is 17.8 Å². The Morgan fingerprint density at radius 1 is 1.00 bits per heavy atom. The van der Waals surface area contributed by atoms with Crippen LogP contribution in [-0.4, -0.2) is 5.75 Å². The molecule has 17 heavy (non-hydrogen) atoms. The van der Waals surface area contributed by atoms with Crippen LogP contribution in [0.4, 0.5) is 0 Å². The van der Waals surface area contributed by atoms with Crippen molar-refractivity contribution in [1.82, 2.24) is 0 Å². The smallest absolute Gasteiger partial charge is 0.00723 e. The second-order valence-electron chi connectivity index (χ2n) is 4.39. The SMILES string of the molecule is C=Cc1ccc(SCCCCCCCC)cc1. The van der Waals surface area contributed by atoms with E-state index in [4.69, 9.17) is 0 Å². The van der Waals surface area contributed by atoms with Gasteiger partial charge >= 0.3 is 0 Å². The van der Waals surface area contributed by atoms with Gasteiger partial charge in [0.1, 0.15) is 0 Å². The normalized spacial score (nSPS) is 10.4. The van der Waals surface area contributed by atoms with Crippen molar-refractivity contribution < 1.29 is 0 Å². The maximum absolute atomic E-state index is 3.76. The number of rotatable bonds is 9. The summed E-state index contributed by atoms with van der Waals surface area (Å²) in [7, 11) is 0. The second-order valence-corrected chi connectivity index (χ2v) is 5.56. The van der Waals surface area contributed by atoms with E-state index in [-0.39, 0.29) is 0 Å². The molecular weight excluding hydrogens is 224 g/mol. The van der Waals surface area contributed by atoms with Crippen molar-refractivity contribution in [2.45, 2.75) is 50.3 Å². The van der Waals surface area contributed by atoms with E-state index < -0.39 is 0 Å². The van der Waals surface area contributed by atoms with Gasteiger partial charge in [-0.2, -0.15) is 0 Å². The van der Waals surface area contributed by atoms with Crippen LogP contribution in [0.15, 0.2) is 35.7 Å². The van der Waals surface area contributed by atoms with Gasteiger partial charge in [0, 0.05) is 4.90 Å². The fraction of sp³-hybridized carbons (Fsp3) is 0.500. The van der Waals surface area contributed by atoms with Crippen molar-refractivity contribution in [2.75, 3.05) is 5.75 Å². The molecule has 1 rings (SSSR count). The topological polar surface area (TPSA) is 0 Å². The first-order chi connectivity index (χ1) is 8.36. The van der Waals surface area contributed by atoms with E-state index >= 15 is 0 Å². The molecular formula is C16H24S. The molecule has 0 unspecified atom stereocenters. The molecule has 0 aliphatic carbocycles. The molecule has 0 aliphatic rings. The molecule has 0 aliphatic heterocycles. The highest BCUT2D eigenvalue weighted by Crippen LogP contribution is 2.20. The molecule has 0 nitrogen and oxygen atoms in total. The van der Waals surface area contributed by atoms with Crippen LogP contribution in [0.25, 0.3) is 6.08 Å². The average molecular weight is 248 g/mol. The van der Waals surface area contributed by atoms with E-state index in [1.54, 1.807) is 0 Å². The van der Waals surface area contributed by atoms with Gasteiger partial charge in [-0.3, -0.25) is 0 Å². The van der Waals surface area contributed by atoms with E-state index in [9.17, 15) is 0 Å². The monoisotopic (exact) mass is 248 g/mol. The fourth-order valence-electron chi connectivity index (χ4n) is 1.77. The van der Waals surface area contributed by atoms with Crippen molar-refractivity contribution in [3.05, 3.63) is 36.4 Å². The largest absolute Gasteiger partial charge is 0.126 e. The molecule has 0 atom stereocenters. The summed E-state index contributed by atoms with van der Waals surface area (Å²) in [6, 6.07) is 8.66. The Morgan fingerprint density at radius 2 is 1.65 bits per heavy atom. The number of benzene rings is 1. The second kappa shape index (κ2) is 9.35. The van der Waals surface area contributed by atoms with Crippen molar-refractivity contribution in [2.24, 2.45) is 0 Å². The highest BCUT2D eigenvalue weighted by Gasteiger charge is 1.94. The van der Waals surface area contributed by atoms with Crippen LogP contribution in [0, 0.1) is 0 Å². The predicted molar refractivity (Wildman–Crippen MR) is 80.6 cm³/mol. The standard InChI is InChI=1S/C16H24S/c1-3-5-6-7-8-9-14-17-16-12-10-15(4-2)11-13-16/h4,10-13H,2-3,5-9,14H2,1H3. The fourth-order valence-corrected chi connectivity index (χ4v) is 2.69. The molecule has 0 aromatic heterocycles. The maximum Gasteiger partial charge on any atom is 0.00723 e. The predicted octanol–water partition coefficient (Wildman–Crippen LogP) is 5.78. The van der Waals surface area contributed by atoms with Gasteiger partial charge in [0.2, 0.25) is 0 Å². The van der Waals surface area contributed by atoms with Crippen LogP contribution in [0.1, 0.15) is 51.0 Å². The third kappa shape index (κ3) is 6.58. The summed E-state index contributed by atoms with van der Waals surface area (Å²) in [5.74, 6) is 1.25. The lowest BCUT2D eigenvalue weighted by Gasteiger charge is -2.02. The Kier molecular flexibility index (Phi) is 7.91. The average Bonchev–Trinajstić information content (AvgIpc) is 2.38. The van der Waals surface area contributed by atoms with Crippen LogP contribution in [0.2, 0.25) is 0 Å². The molecule has 0 heterocycles. The molecule has 0 radical (unpaired) electrons. The van der Waals surface area contributed by atoms with E-state index in [1.165, 1.54) is 54.7 Å². The quantitative estimate of drug-likeness (QED) is 0.394. The Morgan fingerprint density at radius 3 is 2.29 bits per heavy atom. The molecule has 0 fully saturated rings. The molecule has 0 saturated carbocycles. The van der Waals surface area contributed by atoms with Crippen LogP contribution in [-0.2, 0) is 0 Å². The number of hydrogen-bond donors (Lipinski definition) is 0. The Hall–Kier alpha value is -0.690. The van der Waals surface area contributed by atoms with E-state index in [0.717, 1.165) is 0 Å². The molecule has 0 N–H and O–H groups in total. The Labute approximate surface area is 111 Å². The lowest BCUT2D eigenvalue weighted by Crippen LogP contribution is -1.82. The summed E-state index contributed by atoms with van der Waals surface area (Å²) in [4.78, 5) is 1.38. The summed E-state index contributed by atoms with van der Waals surface area (Å²) >= 11 is 1.97. The lowest BCUT2D eigenvalue weighted by molar-refractivity contribution is 0.627. The zero-order valence-electron chi connectivity index (χ0n) is 11.0. The first kappa shape index (κ1) is 14.4. The minimum Gasteiger partial charge on any atom is -0.126 e. The lowest BCUT2D eigenvalue weighted by atomic mass is 10.1. The van der Waals surface area contributed by atoms with Gasteiger partial charge in [-0.15, -0.1) is 11.8 Å². The van der Waals surface area contributed by atoms with E-state index in [1.807, 2.05) is 17.8 Å². The van der Waals surface area contributed by atoms with Gasteiger partial charge < -0.3 is 0 Å². The van der Waals surface area contributed by atoms with Crippen molar-refractivity contribution in [3.63, 3.8) is 0 Å². The van der Waals surface area contributed by atoms with Crippen molar-refractivity contribution in [3.8, 4) is 0 Å². The highest BCUT2D eigenvalue weighted by atomic mass is 32.2. The van der Waals surface area contributed by atoms with Gasteiger partial charge in [-0.05, 0) is 29.9 Å². The molecule has 1 aromatic rings. The molecule has 94 valence electrons. The Bertz CT molecular complexity index is 300. The van der Waals surface area contributed by atoms with Crippen LogP contribution in [0.5, 0.6) is 0 Å². The number of unbranched alkanes of at least 4 members (excludes halogenated alkanes) is 5. The maximum atomic E-state index is 3.76. The third-order valence-electron chi connectivity index (χ3n) is 2.88. The van der Waals surface area contributed by atoms with Gasteiger partial charge in [-0.25, -0.2) is 0 Å². The van der Waals surface area contributed by atoms with Gasteiger partial charge in [0.25, 0.3) is 0 Å². The summed E-state index contributed by atoms with van der Waals surface area (Å²) in [5, 5.41) is 0. The number of thioether (sulfide) groups is 1. The van der Waals surface area contributed by atoms with E-state index in [2.05, 4.69) is 37.8 Å². The summed E-state index contributed by atoms with van der Waals surface area (Å²) in [6.07, 6.45) is 10.2. The summed E-state index contributed by atoms with van der Waals surface area (Å²) < 4.78 is 0. The first-order valence-corrected chi connectivity index (χ1v) is 7.70. The molecule has 0 amide bonds. The molecule has 0 saturated heterocycles. The zero-order chi connectivity index (χ0) is 12.3. The first-order valence-electron chi connectivity index (χ1n) is 6.72. The summed E-state index contributed by atoms with van der Waals surface area (Å²) in [5.41, 5.74) is 1.20. The summed E-state index contributed by atoms with van der Waals surface area (Å²) in [6.45, 7) is 6.03. The molecule has 1 aromatic carbocycles. The van der Waals surface area contributed by atoms with E-state index in [0.29, 0.717) is 0 Å². The molecule has 0 spiro atoms.